The van der Waals surface area contributed by atoms with Crippen molar-refractivity contribution in [1.82, 2.24) is 5.32 Å². The second-order valence-electron chi connectivity index (χ2n) is 6.08. The van der Waals surface area contributed by atoms with Crippen molar-refractivity contribution in [3.05, 3.63) is 64.7 Å². The second-order valence-corrected chi connectivity index (χ2v) is 6.08. The highest BCUT2D eigenvalue weighted by Crippen LogP contribution is 2.20. The summed E-state index contributed by atoms with van der Waals surface area (Å²) >= 11 is 0. The number of aryl methyl sites for hydroxylation is 2. The Morgan fingerprint density at radius 2 is 1.65 bits per heavy atom. The lowest BCUT2D eigenvalue weighted by molar-refractivity contribution is 0.0949. The molecule has 2 N–H and O–H groups in total. The van der Waals surface area contributed by atoms with Crippen molar-refractivity contribution in [1.29, 1.82) is 0 Å². The van der Waals surface area contributed by atoms with Gasteiger partial charge in [0.1, 0.15) is 0 Å². The monoisotopic (exact) mass is 308 g/mol. The average molecular weight is 308 g/mol. The molecule has 4 heteroatoms. The summed E-state index contributed by atoms with van der Waals surface area (Å²) in [5.74, 6) is -0.261. The molecule has 0 aliphatic heterocycles. The van der Waals surface area contributed by atoms with Crippen molar-refractivity contribution < 1.29 is 9.59 Å². The zero-order valence-corrected chi connectivity index (χ0v) is 13.3. The van der Waals surface area contributed by atoms with Gasteiger partial charge in [-0.05, 0) is 68.1 Å². The average Bonchev–Trinajstić information content (AvgIpc) is 3.34. The van der Waals surface area contributed by atoms with Crippen LogP contribution in [0.1, 0.15) is 44.7 Å². The van der Waals surface area contributed by atoms with E-state index in [4.69, 9.17) is 0 Å². The van der Waals surface area contributed by atoms with Crippen molar-refractivity contribution in [2.75, 3.05) is 5.32 Å². The molecule has 0 saturated heterocycles. The molecule has 0 aromatic heterocycles. The van der Waals surface area contributed by atoms with Gasteiger partial charge in [-0.2, -0.15) is 0 Å². The van der Waals surface area contributed by atoms with Gasteiger partial charge in [0.05, 0.1) is 0 Å². The molecule has 3 rings (SSSR count). The highest BCUT2D eigenvalue weighted by atomic mass is 16.2. The summed E-state index contributed by atoms with van der Waals surface area (Å²) in [6.07, 6.45) is 2.10. The van der Waals surface area contributed by atoms with Crippen molar-refractivity contribution in [3.8, 4) is 0 Å². The Morgan fingerprint density at radius 3 is 2.35 bits per heavy atom. The summed E-state index contributed by atoms with van der Waals surface area (Å²) in [5, 5.41) is 5.79. The molecule has 118 valence electrons. The molecule has 0 heterocycles. The van der Waals surface area contributed by atoms with Crippen LogP contribution in [0.25, 0.3) is 0 Å². The largest absolute Gasteiger partial charge is 0.349 e. The summed E-state index contributed by atoms with van der Waals surface area (Å²) in [6.45, 7) is 3.99. The molecule has 2 aromatic rings. The van der Waals surface area contributed by atoms with E-state index in [2.05, 4.69) is 10.6 Å². The third kappa shape index (κ3) is 3.77. The molecule has 2 amide bonds. The van der Waals surface area contributed by atoms with Gasteiger partial charge in [-0.15, -0.1) is 0 Å². The standard InChI is InChI=1S/C19H20N2O2/c1-12-6-7-15(10-13(12)2)19(23)21-17-5-3-4-14(11-17)18(22)20-16-8-9-16/h3-7,10-11,16H,8-9H2,1-2H3,(H,20,22)(H,21,23). The number of rotatable bonds is 4. The van der Waals surface area contributed by atoms with E-state index in [0.29, 0.717) is 22.9 Å². The van der Waals surface area contributed by atoms with Gasteiger partial charge < -0.3 is 10.6 Å². The van der Waals surface area contributed by atoms with Gasteiger partial charge in [0.2, 0.25) is 0 Å². The van der Waals surface area contributed by atoms with Crippen molar-refractivity contribution in [2.45, 2.75) is 32.7 Å². The second kappa shape index (κ2) is 6.24. The molecule has 4 nitrogen and oxygen atoms in total. The van der Waals surface area contributed by atoms with Gasteiger partial charge in [0.15, 0.2) is 0 Å². The quantitative estimate of drug-likeness (QED) is 0.909. The summed E-state index contributed by atoms with van der Waals surface area (Å²) in [5.41, 5.74) is 4.03. The highest BCUT2D eigenvalue weighted by molar-refractivity contribution is 6.05. The number of hydrogen-bond donors (Lipinski definition) is 2. The van der Waals surface area contributed by atoms with Crippen molar-refractivity contribution in [2.24, 2.45) is 0 Å². The minimum atomic E-state index is -0.173. The van der Waals surface area contributed by atoms with Gasteiger partial charge in [-0.25, -0.2) is 0 Å². The van der Waals surface area contributed by atoms with Crippen molar-refractivity contribution in [3.63, 3.8) is 0 Å². The van der Waals surface area contributed by atoms with Crippen LogP contribution in [-0.2, 0) is 0 Å². The maximum atomic E-state index is 12.3. The Kier molecular flexibility index (Phi) is 4.15. The summed E-state index contributed by atoms with van der Waals surface area (Å²) in [4.78, 5) is 24.4. The lowest BCUT2D eigenvalue weighted by Crippen LogP contribution is -2.25. The molecule has 2 aromatic carbocycles. The normalized spacial score (nSPS) is 13.5. The van der Waals surface area contributed by atoms with E-state index >= 15 is 0 Å². The van der Waals surface area contributed by atoms with Crippen LogP contribution in [0.5, 0.6) is 0 Å². The maximum Gasteiger partial charge on any atom is 0.255 e. The lowest BCUT2D eigenvalue weighted by atomic mass is 10.1. The van der Waals surface area contributed by atoms with Gasteiger partial charge in [-0.3, -0.25) is 9.59 Å². The number of anilines is 1. The zero-order chi connectivity index (χ0) is 16.4. The van der Waals surface area contributed by atoms with Gasteiger partial charge in [0.25, 0.3) is 11.8 Å². The fourth-order valence-corrected chi connectivity index (χ4v) is 2.32. The minimum absolute atomic E-state index is 0.0882. The molecule has 1 aliphatic rings. The third-order valence-corrected chi connectivity index (χ3v) is 4.06. The van der Waals surface area contributed by atoms with Crippen LogP contribution in [0.2, 0.25) is 0 Å². The van der Waals surface area contributed by atoms with Gasteiger partial charge in [0, 0.05) is 22.9 Å². The van der Waals surface area contributed by atoms with Crippen LogP contribution in [-0.4, -0.2) is 17.9 Å². The summed E-state index contributed by atoms with van der Waals surface area (Å²) in [6, 6.07) is 12.9. The highest BCUT2D eigenvalue weighted by Gasteiger charge is 2.23. The molecule has 0 bridgehead atoms. The molecule has 1 aliphatic carbocycles. The zero-order valence-electron chi connectivity index (χ0n) is 13.3. The fourth-order valence-electron chi connectivity index (χ4n) is 2.32. The number of hydrogen-bond acceptors (Lipinski definition) is 2. The smallest absolute Gasteiger partial charge is 0.255 e. The Bertz CT molecular complexity index is 764. The molecule has 1 saturated carbocycles. The SMILES string of the molecule is Cc1ccc(C(=O)Nc2cccc(C(=O)NC3CC3)c2)cc1C. The molecule has 0 radical (unpaired) electrons. The third-order valence-electron chi connectivity index (χ3n) is 4.06. The van der Waals surface area contributed by atoms with E-state index in [1.165, 1.54) is 0 Å². The number of carbonyl (C=O) groups excluding carboxylic acids is 2. The van der Waals surface area contributed by atoms with E-state index in [-0.39, 0.29) is 11.8 Å². The molecule has 0 spiro atoms. The predicted octanol–water partition coefficient (Wildman–Crippen LogP) is 3.45. The summed E-state index contributed by atoms with van der Waals surface area (Å²) in [7, 11) is 0. The van der Waals surface area contributed by atoms with Crippen LogP contribution >= 0.6 is 0 Å². The van der Waals surface area contributed by atoms with E-state index in [0.717, 1.165) is 24.0 Å². The van der Waals surface area contributed by atoms with Crippen LogP contribution in [0.15, 0.2) is 42.5 Å². The Hall–Kier alpha value is -2.62. The first-order valence-electron chi connectivity index (χ1n) is 7.82. The maximum absolute atomic E-state index is 12.3. The Balaban J connectivity index is 1.72. The molecule has 0 atom stereocenters. The van der Waals surface area contributed by atoms with Crippen LogP contribution < -0.4 is 10.6 Å². The van der Waals surface area contributed by atoms with E-state index in [9.17, 15) is 9.59 Å². The summed E-state index contributed by atoms with van der Waals surface area (Å²) < 4.78 is 0. The van der Waals surface area contributed by atoms with Gasteiger partial charge in [-0.1, -0.05) is 12.1 Å². The molecule has 23 heavy (non-hydrogen) atoms. The van der Waals surface area contributed by atoms with Gasteiger partial charge >= 0.3 is 0 Å². The lowest BCUT2D eigenvalue weighted by Gasteiger charge is -2.09. The number of carbonyl (C=O) groups is 2. The number of amides is 2. The van der Waals surface area contributed by atoms with E-state index < -0.39 is 0 Å². The number of nitrogens with one attached hydrogen (secondary N) is 2. The molecular formula is C19H20N2O2. The first-order valence-corrected chi connectivity index (χ1v) is 7.82. The molecular weight excluding hydrogens is 288 g/mol. The first-order chi connectivity index (χ1) is 11.0. The topological polar surface area (TPSA) is 58.2 Å². The fraction of sp³-hybridized carbons (Fsp3) is 0.263. The number of benzene rings is 2. The van der Waals surface area contributed by atoms with Crippen molar-refractivity contribution >= 4 is 17.5 Å². The minimum Gasteiger partial charge on any atom is -0.349 e. The van der Waals surface area contributed by atoms with E-state index in [1.54, 1.807) is 30.3 Å². The van der Waals surface area contributed by atoms with E-state index in [1.807, 2.05) is 26.0 Å². The Morgan fingerprint density at radius 1 is 0.913 bits per heavy atom. The van der Waals surface area contributed by atoms with Crippen LogP contribution in [0.4, 0.5) is 5.69 Å². The predicted molar refractivity (Wildman–Crippen MR) is 90.8 cm³/mol. The molecule has 1 fully saturated rings. The van der Waals surface area contributed by atoms with Crippen LogP contribution in [0.3, 0.4) is 0 Å². The Labute approximate surface area is 135 Å². The molecule has 0 unspecified atom stereocenters. The first kappa shape index (κ1) is 15.3. The van der Waals surface area contributed by atoms with Crippen LogP contribution in [0, 0.1) is 13.8 Å².